The van der Waals surface area contributed by atoms with Crippen LogP contribution in [0.5, 0.6) is 0 Å². The Morgan fingerprint density at radius 3 is 2.71 bits per heavy atom. The van der Waals surface area contributed by atoms with Gasteiger partial charge in [-0.25, -0.2) is 0 Å². The molecule has 1 aliphatic rings. The molecule has 3 unspecified atom stereocenters. The van der Waals surface area contributed by atoms with Crippen molar-refractivity contribution in [3.63, 3.8) is 0 Å². The Morgan fingerprint density at radius 1 is 1.29 bits per heavy atom. The van der Waals surface area contributed by atoms with Crippen LogP contribution in [0.2, 0.25) is 0 Å². The highest BCUT2D eigenvalue weighted by Gasteiger charge is 2.30. The van der Waals surface area contributed by atoms with Gasteiger partial charge in [0, 0.05) is 0 Å². The van der Waals surface area contributed by atoms with Crippen LogP contribution in [0.1, 0.15) is 55.4 Å². The Kier molecular flexibility index (Phi) is 3.88. The summed E-state index contributed by atoms with van der Waals surface area (Å²) in [5.74, 6) is 1.31. The normalized spacial score (nSPS) is 26.1. The second kappa shape index (κ2) is 5.22. The summed E-state index contributed by atoms with van der Waals surface area (Å²) in [5, 5.41) is 10.5. The van der Waals surface area contributed by atoms with Crippen molar-refractivity contribution in [1.29, 1.82) is 0 Å². The first-order valence-corrected chi connectivity index (χ1v) is 6.87. The lowest BCUT2D eigenvalue weighted by atomic mass is 9.90. The van der Waals surface area contributed by atoms with Crippen LogP contribution in [0.15, 0.2) is 18.2 Å². The summed E-state index contributed by atoms with van der Waals surface area (Å²) in [6.07, 6.45) is 4.68. The van der Waals surface area contributed by atoms with Crippen molar-refractivity contribution in [3.05, 3.63) is 34.9 Å². The minimum Gasteiger partial charge on any atom is -0.388 e. The molecule has 0 heterocycles. The average Bonchev–Trinajstić information content (AvgIpc) is 2.80. The van der Waals surface area contributed by atoms with E-state index in [0.717, 1.165) is 11.5 Å². The van der Waals surface area contributed by atoms with Crippen LogP contribution in [0.3, 0.4) is 0 Å². The second-order valence-corrected chi connectivity index (χ2v) is 5.65. The third kappa shape index (κ3) is 2.71. The monoisotopic (exact) mass is 232 g/mol. The van der Waals surface area contributed by atoms with E-state index in [-0.39, 0.29) is 6.10 Å². The molecular weight excluding hydrogens is 208 g/mol. The summed E-state index contributed by atoms with van der Waals surface area (Å²) in [6, 6.07) is 6.40. The van der Waals surface area contributed by atoms with Gasteiger partial charge in [0.25, 0.3) is 0 Å². The number of hydrogen-bond acceptors (Lipinski definition) is 1. The van der Waals surface area contributed by atoms with Gasteiger partial charge in [0.1, 0.15) is 0 Å². The Morgan fingerprint density at radius 2 is 2.06 bits per heavy atom. The van der Waals surface area contributed by atoms with Crippen molar-refractivity contribution in [1.82, 2.24) is 0 Å². The topological polar surface area (TPSA) is 20.2 Å². The van der Waals surface area contributed by atoms with Crippen LogP contribution in [0.25, 0.3) is 0 Å². The predicted octanol–water partition coefficient (Wildman–Crippen LogP) is 4.16. The van der Waals surface area contributed by atoms with Gasteiger partial charge in [0.15, 0.2) is 0 Å². The molecule has 0 bridgehead atoms. The first-order valence-electron chi connectivity index (χ1n) is 6.87. The average molecular weight is 232 g/mol. The molecule has 1 N–H and O–H groups in total. The molecule has 1 nitrogen and oxygen atoms in total. The molecule has 0 amide bonds. The standard InChI is InChI=1S/C16H24O/c1-4-13-7-8-14(10-13)16(17)15-9-11(2)5-6-12(15)3/h5-6,9,13-14,16-17H,4,7-8,10H2,1-3H3. The number of aliphatic hydroxyl groups excluding tert-OH is 1. The Labute approximate surface area is 105 Å². The number of aryl methyl sites for hydroxylation is 2. The smallest absolute Gasteiger partial charge is 0.0820 e. The fraction of sp³-hybridized carbons (Fsp3) is 0.625. The maximum Gasteiger partial charge on any atom is 0.0820 e. The second-order valence-electron chi connectivity index (χ2n) is 5.65. The van der Waals surface area contributed by atoms with E-state index < -0.39 is 0 Å². The summed E-state index contributed by atoms with van der Waals surface area (Å²) in [5.41, 5.74) is 3.62. The largest absolute Gasteiger partial charge is 0.388 e. The fourth-order valence-corrected chi connectivity index (χ4v) is 3.10. The molecule has 1 aromatic rings. The summed E-state index contributed by atoms with van der Waals surface area (Å²) in [4.78, 5) is 0. The molecule has 17 heavy (non-hydrogen) atoms. The zero-order chi connectivity index (χ0) is 12.4. The lowest BCUT2D eigenvalue weighted by Crippen LogP contribution is -2.11. The van der Waals surface area contributed by atoms with E-state index in [0.29, 0.717) is 5.92 Å². The van der Waals surface area contributed by atoms with Gasteiger partial charge in [0.05, 0.1) is 6.10 Å². The van der Waals surface area contributed by atoms with Gasteiger partial charge in [-0.15, -0.1) is 0 Å². The number of hydrogen-bond donors (Lipinski definition) is 1. The van der Waals surface area contributed by atoms with Crippen molar-refractivity contribution in [3.8, 4) is 0 Å². The van der Waals surface area contributed by atoms with Crippen LogP contribution in [0, 0.1) is 25.7 Å². The van der Waals surface area contributed by atoms with Crippen LogP contribution < -0.4 is 0 Å². The molecular formula is C16H24O. The zero-order valence-electron chi connectivity index (χ0n) is 11.2. The van der Waals surface area contributed by atoms with E-state index in [1.807, 2.05) is 0 Å². The summed E-state index contributed by atoms with van der Waals surface area (Å²) in [7, 11) is 0. The van der Waals surface area contributed by atoms with Gasteiger partial charge in [-0.3, -0.25) is 0 Å². The van der Waals surface area contributed by atoms with E-state index in [9.17, 15) is 5.11 Å². The van der Waals surface area contributed by atoms with Crippen molar-refractivity contribution in [2.24, 2.45) is 11.8 Å². The van der Waals surface area contributed by atoms with Crippen molar-refractivity contribution < 1.29 is 5.11 Å². The summed E-state index contributed by atoms with van der Waals surface area (Å²) >= 11 is 0. The highest BCUT2D eigenvalue weighted by molar-refractivity contribution is 5.32. The zero-order valence-corrected chi connectivity index (χ0v) is 11.2. The molecule has 1 aromatic carbocycles. The highest BCUT2D eigenvalue weighted by atomic mass is 16.3. The summed E-state index contributed by atoms with van der Waals surface area (Å²) < 4.78 is 0. The Hall–Kier alpha value is -0.820. The van der Waals surface area contributed by atoms with Crippen LogP contribution in [-0.2, 0) is 0 Å². The van der Waals surface area contributed by atoms with E-state index >= 15 is 0 Å². The predicted molar refractivity (Wildman–Crippen MR) is 72.0 cm³/mol. The van der Waals surface area contributed by atoms with Crippen molar-refractivity contribution in [2.75, 3.05) is 0 Å². The molecule has 1 heteroatoms. The molecule has 0 spiro atoms. The van der Waals surface area contributed by atoms with Gasteiger partial charge in [-0.2, -0.15) is 0 Å². The first-order chi connectivity index (χ1) is 8.11. The van der Waals surface area contributed by atoms with Gasteiger partial charge < -0.3 is 5.11 Å². The van der Waals surface area contributed by atoms with Crippen molar-refractivity contribution >= 4 is 0 Å². The lowest BCUT2D eigenvalue weighted by molar-refractivity contribution is 0.108. The van der Waals surface area contributed by atoms with Crippen LogP contribution in [-0.4, -0.2) is 5.11 Å². The summed E-state index contributed by atoms with van der Waals surface area (Å²) in [6.45, 7) is 6.46. The molecule has 2 rings (SSSR count). The molecule has 1 aliphatic carbocycles. The molecule has 0 saturated heterocycles. The van der Waals surface area contributed by atoms with Gasteiger partial charge in [-0.1, -0.05) is 43.5 Å². The number of aliphatic hydroxyl groups is 1. The third-order valence-electron chi connectivity index (χ3n) is 4.36. The maximum absolute atomic E-state index is 10.5. The molecule has 94 valence electrons. The molecule has 0 aliphatic heterocycles. The Bertz CT molecular complexity index is 383. The van der Waals surface area contributed by atoms with E-state index in [2.05, 4.69) is 39.0 Å². The van der Waals surface area contributed by atoms with E-state index in [1.54, 1.807) is 0 Å². The molecule has 0 radical (unpaired) electrons. The van der Waals surface area contributed by atoms with E-state index in [1.165, 1.54) is 36.8 Å². The minimum absolute atomic E-state index is 0.258. The molecule has 0 aromatic heterocycles. The van der Waals surface area contributed by atoms with Gasteiger partial charge in [0.2, 0.25) is 0 Å². The molecule has 1 saturated carbocycles. The van der Waals surface area contributed by atoms with Gasteiger partial charge in [-0.05, 0) is 49.7 Å². The van der Waals surface area contributed by atoms with Gasteiger partial charge >= 0.3 is 0 Å². The fourth-order valence-electron chi connectivity index (χ4n) is 3.10. The third-order valence-corrected chi connectivity index (χ3v) is 4.36. The van der Waals surface area contributed by atoms with Crippen LogP contribution in [0.4, 0.5) is 0 Å². The quantitative estimate of drug-likeness (QED) is 0.829. The minimum atomic E-state index is -0.258. The molecule has 1 fully saturated rings. The van der Waals surface area contributed by atoms with Crippen LogP contribution >= 0.6 is 0 Å². The lowest BCUT2D eigenvalue weighted by Gasteiger charge is -2.21. The SMILES string of the molecule is CCC1CCC(C(O)c2cc(C)ccc2C)C1. The molecule has 3 atom stereocenters. The van der Waals surface area contributed by atoms with E-state index in [4.69, 9.17) is 0 Å². The first kappa shape index (κ1) is 12.6. The van der Waals surface area contributed by atoms with Crippen molar-refractivity contribution in [2.45, 2.75) is 52.6 Å². The number of rotatable bonds is 3. The Balaban J connectivity index is 2.14. The number of benzene rings is 1. The maximum atomic E-state index is 10.5. The highest BCUT2D eigenvalue weighted by Crippen LogP contribution is 2.41.